The molecule has 5 heteroatoms. The normalized spacial score (nSPS) is 27.6. The van der Waals surface area contributed by atoms with E-state index in [1.54, 1.807) is 0 Å². The zero-order chi connectivity index (χ0) is 14.5. The number of amides is 2. The quantitative estimate of drug-likeness (QED) is 0.832. The van der Waals surface area contributed by atoms with E-state index in [1.807, 2.05) is 11.8 Å². The molecule has 1 aliphatic carbocycles. The zero-order valence-corrected chi connectivity index (χ0v) is 12.3. The molecule has 5 nitrogen and oxygen atoms in total. The molecule has 0 aromatic rings. The van der Waals surface area contributed by atoms with Gasteiger partial charge in [-0.1, -0.05) is 32.6 Å². The van der Waals surface area contributed by atoms with Crippen molar-refractivity contribution < 1.29 is 14.7 Å². The van der Waals surface area contributed by atoms with Crippen LogP contribution < -0.4 is 5.32 Å². The van der Waals surface area contributed by atoms with E-state index in [1.165, 1.54) is 25.7 Å². The summed E-state index contributed by atoms with van der Waals surface area (Å²) in [5.74, 6) is 0.462. The molecule has 2 amide bonds. The van der Waals surface area contributed by atoms with Crippen LogP contribution in [-0.2, 0) is 4.79 Å². The number of aliphatic carboxylic acids is 1. The van der Waals surface area contributed by atoms with Crippen LogP contribution in [0.1, 0.15) is 51.9 Å². The molecule has 0 radical (unpaired) electrons. The molecule has 0 aromatic heterocycles. The lowest BCUT2D eigenvalue weighted by atomic mass is 9.75. The number of hydrogen-bond acceptors (Lipinski definition) is 2. The third kappa shape index (κ3) is 3.64. The zero-order valence-electron chi connectivity index (χ0n) is 12.3. The first-order valence-electron chi connectivity index (χ1n) is 7.90. The minimum Gasteiger partial charge on any atom is -0.480 e. The first-order chi connectivity index (χ1) is 9.61. The lowest BCUT2D eigenvalue weighted by Gasteiger charge is -2.41. The highest BCUT2D eigenvalue weighted by Gasteiger charge is 2.33. The molecule has 20 heavy (non-hydrogen) atoms. The molecule has 2 fully saturated rings. The van der Waals surface area contributed by atoms with Crippen LogP contribution >= 0.6 is 0 Å². The molecule has 0 bridgehead atoms. The molecule has 3 atom stereocenters. The van der Waals surface area contributed by atoms with Crippen LogP contribution in [0.2, 0.25) is 0 Å². The number of likely N-dealkylation sites (tertiary alicyclic amines) is 1. The molecule has 3 unspecified atom stereocenters. The highest BCUT2D eigenvalue weighted by molar-refractivity contribution is 5.82. The smallest absolute Gasteiger partial charge is 0.326 e. The van der Waals surface area contributed by atoms with Crippen molar-refractivity contribution in [3.05, 3.63) is 0 Å². The van der Waals surface area contributed by atoms with Crippen LogP contribution in [0.25, 0.3) is 0 Å². The van der Waals surface area contributed by atoms with Gasteiger partial charge in [-0.05, 0) is 31.1 Å². The van der Waals surface area contributed by atoms with Crippen molar-refractivity contribution in [3.8, 4) is 0 Å². The van der Waals surface area contributed by atoms with Gasteiger partial charge in [0.2, 0.25) is 0 Å². The number of carboxylic acids is 1. The number of piperidine rings is 1. The number of rotatable bonds is 4. The van der Waals surface area contributed by atoms with E-state index >= 15 is 0 Å². The van der Waals surface area contributed by atoms with E-state index in [9.17, 15) is 9.59 Å². The first kappa shape index (κ1) is 15.1. The van der Waals surface area contributed by atoms with Gasteiger partial charge in [-0.15, -0.1) is 0 Å². The number of nitrogens with one attached hydrogen (secondary N) is 1. The maximum atomic E-state index is 12.2. The summed E-state index contributed by atoms with van der Waals surface area (Å²) in [4.78, 5) is 25.1. The second-order valence-corrected chi connectivity index (χ2v) is 6.17. The van der Waals surface area contributed by atoms with Crippen molar-refractivity contribution in [2.75, 3.05) is 13.1 Å². The van der Waals surface area contributed by atoms with E-state index in [2.05, 4.69) is 5.32 Å². The summed E-state index contributed by atoms with van der Waals surface area (Å²) in [7, 11) is 0. The van der Waals surface area contributed by atoms with Crippen molar-refractivity contribution in [2.45, 2.75) is 57.9 Å². The van der Waals surface area contributed by atoms with E-state index in [4.69, 9.17) is 5.11 Å². The van der Waals surface area contributed by atoms with Gasteiger partial charge in [-0.2, -0.15) is 0 Å². The lowest BCUT2D eigenvalue weighted by molar-refractivity contribution is -0.139. The Bertz CT molecular complexity index is 359. The Hall–Kier alpha value is -1.26. The van der Waals surface area contributed by atoms with Gasteiger partial charge in [0, 0.05) is 13.1 Å². The molecule has 0 spiro atoms. The predicted octanol–water partition coefficient (Wildman–Crippen LogP) is 2.46. The summed E-state index contributed by atoms with van der Waals surface area (Å²) >= 11 is 0. The van der Waals surface area contributed by atoms with Crippen molar-refractivity contribution in [1.82, 2.24) is 10.2 Å². The molecule has 2 N–H and O–H groups in total. The van der Waals surface area contributed by atoms with Crippen LogP contribution in [0.15, 0.2) is 0 Å². The predicted molar refractivity (Wildman–Crippen MR) is 76.5 cm³/mol. The Balaban J connectivity index is 1.87. The third-order valence-corrected chi connectivity index (χ3v) is 4.75. The minimum atomic E-state index is -0.937. The second kappa shape index (κ2) is 6.95. The van der Waals surface area contributed by atoms with Gasteiger partial charge >= 0.3 is 12.0 Å². The molecule has 0 aromatic carbocycles. The first-order valence-corrected chi connectivity index (χ1v) is 7.90. The van der Waals surface area contributed by atoms with Gasteiger partial charge < -0.3 is 15.3 Å². The third-order valence-electron chi connectivity index (χ3n) is 4.75. The van der Waals surface area contributed by atoms with Gasteiger partial charge in [-0.25, -0.2) is 9.59 Å². The van der Waals surface area contributed by atoms with Gasteiger partial charge in [-0.3, -0.25) is 0 Å². The summed E-state index contributed by atoms with van der Waals surface area (Å²) in [6.07, 6.45) is 7.42. The topological polar surface area (TPSA) is 69.6 Å². The van der Waals surface area contributed by atoms with Crippen LogP contribution in [0.3, 0.4) is 0 Å². The van der Waals surface area contributed by atoms with E-state index in [0.29, 0.717) is 12.3 Å². The summed E-state index contributed by atoms with van der Waals surface area (Å²) < 4.78 is 0. The van der Waals surface area contributed by atoms with Gasteiger partial charge in [0.05, 0.1) is 0 Å². The molecule has 1 saturated carbocycles. The molecule has 1 aliphatic heterocycles. The maximum absolute atomic E-state index is 12.2. The van der Waals surface area contributed by atoms with Crippen LogP contribution in [0.5, 0.6) is 0 Å². The molecule has 1 heterocycles. The molecular weight excluding hydrogens is 256 g/mol. The highest BCUT2D eigenvalue weighted by Crippen LogP contribution is 2.35. The molecular formula is C15H26N2O3. The number of carbonyl (C=O) groups is 2. The Morgan fingerprint density at radius 3 is 2.60 bits per heavy atom. The Morgan fingerprint density at radius 1 is 1.25 bits per heavy atom. The largest absolute Gasteiger partial charge is 0.480 e. The van der Waals surface area contributed by atoms with Crippen molar-refractivity contribution >= 4 is 12.0 Å². The van der Waals surface area contributed by atoms with E-state index < -0.39 is 12.0 Å². The van der Waals surface area contributed by atoms with Crippen LogP contribution in [-0.4, -0.2) is 41.1 Å². The Morgan fingerprint density at radius 2 is 1.95 bits per heavy atom. The van der Waals surface area contributed by atoms with Gasteiger partial charge in [0.15, 0.2) is 0 Å². The second-order valence-electron chi connectivity index (χ2n) is 6.17. The number of carbonyl (C=O) groups excluding carboxylic acids is 1. The molecule has 2 rings (SSSR count). The summed E-state index contributed by atoms with van der Waals surface area (Å²) in [5, 5.41) is 11.8. The number of nitrogens with zero attached hydrogens (tertiary/aromatic N) is 1. The lowest BCUT2D eigenvalue weighted by Crippen LogP contribution is -2.52. The average Bonchev–Trinajstić information content (AvgIpc) is 2.46. The molecule has 1 saturated heterocycles. The number of carboxylic acid groups (broad SMARTS) is 1. The average molecular weight is 282 g/mol. The number of fused-ring (bicyclic) bond motifs is 1. The standard InChI is InChI=1S/C15H26N2O3/c1-2-5-13(14(18)19)16-15(20)17-9-8-11-6-3-4-7-12(11)10-17/h11-13H,2-10H2,1H3,(H,16,20)(H,18,19). The van der Waals surface area contributed by atoms with E-state index in [-0.39, 0.29) is 6.03 Å². The Labute approximate surface area is 120 Å². The minimum absolute atomic E-state index is 0.199. The molecule has 114 valence electrons. The van der Waals surface area contributed by atoms with Crippen molar-refractivity contribution in [1.29, 1.82) is 0 Å². The number of urea groups is 1. The molecule has 2 aliphatic rings. The Kier molecular flexibility index (Phi) is 5.26. The highest BCUT2D eigenvalue weighted by atomic mass is 16.4. The summed E-state index contributed by atoms with van der Waals surface area (Å²) in [6, 6.07) is -0.952. The van der Waals surface area contributed by atoms with Crippen molar-refractivity contribution in [2.24, 2.45) is 11.8 Å². The van der Waals surface area contributed by atoms with Gasteiger partial charge in [0.25, 0.3) is 0 Å². The number of hydrogen-bond donors (Lipinski definition) is 2. The fourth-order valence-corrected chi connectivity index (χ4v) is 3.57. The van der Waals surface area contributed by atoms with Crippen molar-refractivity contribution in [3.63, 3.8) is 0 Å². The van der Waals surface area contributed by atoms with Crippen LogP contribution in [0.4, 0.5) is 4.79 Å². The summed E-state index contributed by atoms with van der Waals surface area (Å²) in [6.45, 7) is 3.50. The fourth-order valence-electron chi connectivity index (χ4n) is 3.57. The summed E-state index contributed by atoms with van der Waals surface area (Å²) in [5.41, 5.74) is 0. The monoisotopic (exact) mass is 282 g/mol. The maximum Gasteiger partial charge on any atom is 0.326 e. The fraction of sp³-hybridized carbons (Fsp3) is 0.867. The van der Waals surface area contributed by atoms with E-state index in [0.717, 1.165) is 31.8 Å². The van der Waals surface area contributed by atoms with Gasteiger partial charge in [0.1, 0.15) is 6.04 Å². The van der Waals surface area contributed by atoms with Crippen LogP contribution in [0, 0.1) is 11.8 Å². The SMILES string of the molecule is CCCC(NC(=O)N1CCC2CCCCC2C1)C(=O)O.